The Morgan fingerprint density at radius 3 is 2.52 bits per heavy atom. The van der Waals surface area contributed by atoms with Crippen LogP contribution in [0.4, 0.5) is 13.2 Å². The fourth-order valence-electron chi connectivity index (χ4n) is 1.72. The maximum atomic E-state index is 13.0. The maximum absolute atomic E-state index is 13.0. The van der Waals surface area contributed by atoms with E-state index in [1.165, 1.54) is 6.07 Å². The van der Waals surface area contributed by atoms with Crippen LogP contribution in [0.2, 0.25) is 5.02 Å². The number of carboxylic acids is 1. The van der Waals surface area contributed by atoms with Crippen molar-refractivity contribution in [3.63, 3.8) is 0 Å². The molecule has 0 aliphatic rings. The number of benzene rings is 1. The van der Waals surface area contributed by atoms with E-state index in [1.54, 1.807) is 0 Å². The Morgan fingerprint density at radius 2 is 2.05 bits per heavy atom. The topological polar surface area (TPSA) is 72.6 Å². The monoisotopic (exact) mass is 321 g/mol. The molecule has 0 amide bonds. The van der Waals surface area contributed by atoms with E-state index in [-0.39, 0.29) is 16.3 Å². The van der Waals surface area contributed by atoms with Crippen LogP contribution in [0.15, 0.2) is 22.7 Å². The summed E-state index contributed by atoms with van der Waals surface area (Å²) in [6.45, 7) is 0. The van der Waals surface area contributed by atoms with Gasteiger partial charge in [-0.3, -0.25) is 0 Å². The maximum Gasteiger partial charge on any atom is 0.420 e. The predicted octanol–water partition coefficient (Wildman–Crippen LogP) is 3.72. The summed E-state index contributed by atoms with van der Waals surface area (Å²) >= 11 is 5.67. The van der Waals surface area contributed by atoms with Gasteiger partial charge in [0.15, 0.2) is 0 Å². The van der Waals surface area contributed by atoms with Crippen LogP contribution in [0.5, 0.6) is 5.75 Å². The lowest BCUT2D eigenvalue weighted by molar-refractivity contribution is -0.138. The summed E-state index contributed by atoms with van der Waals surface area (Å²) in [4.78, 5) is 10.7. The number of hydrogen-bond acceptors (Lipinski definition) is 4. The highest BCUT2D eigenvalue weighted by Crippen LogP contribution is 2.43. The molecule has 9 heteroatoms. The third-order valence-corrected chi connectivity index (χ3v) is 2.78. The SMILES string of the molecule is COc1c(-c2cc(C(=O)O)on2)cc(Cl)cc1C(F)(F)F. The summed E-state index contributed by atoms with van der Waals surface area (Å²) in [6, 6.07) is 2.87. The van der Waals surface area contributed by atoms with Crippen LogP contribution in [0, 0.1) is 0 Å². The first kappa shape index (κ1) is 15.2. The average molecular weight is 322 g/mol. The van der Waals surface area contributed by atoms with Crippen LogP contribution >= 0.6 is 11.6 Å². The molecule has 0 aliphatic carbocycles. The highest BCUT2D eigenvalue weighted by molar-refractivity contribution is 6.31. The van der Waals surface area contributed by atoms with Gasteiger partial charge in [-0.25, -0.2) is 4.79 Å². The molecule has 0 radical (unpaired) electrons. The number of aromatic nitrogens is 1. The standard InChI is InChI=1S/C12H7ClF3NO4/c1-20-10-6(8-4-9(11(18)19)21-17-8)2-5(13)3-7(10)12(14,15)16/h2-4H,1H3,(H,18,19). The van der Waals surface area contributed by atoms with E-state index in [0.717, 1.165) is 13.2 Å². The molecular weight excluding hydrogens is 315 g/mol. The van der Waals surface area contributed by atoms with Gasteiger partial charge in [-0.15, -0.1) is 0 Å². The average Bonchev–Trinajstić information content (AvgIpc) is 2.86. The third kappa shape index (κ3) is 2.94. The van der Waals surface area contributed by atoms with Crippen molar-refractivity contribution in [2.45, 2.75) is 6.18 Å². The Hall–Kier alpha value is -2.22. The molecule has 0 bridgehead atoms. The van der Waals surface area contributed by atoms with Gasteiger partial charge in [0.05, 0.1) is 12.7 Å². The van der Waals surface area contributed by atoms with E-state index in [0.29, 0.717) is 6.07 Å². The summed E-state index contributed by atoms with van der Waals surface area (Å²) in [5, 5.41) is 12.0. The van der Waals surface area contributed by atoms with Crippen LogP contribution in [0.25, 0.3) is 11.3 Å². The molecule has 1 aromatic carbocycles. The van der Waals surface area contributed by atoms with Crippen molar-refractivity contribution in [1.29, 1.82) is 0 Å². The molecular formula is C12H7ClF3NO4. The van der Waals surface area contributed by atoms with E-state index in [9.17, 15) is 18.0 Å². The number of methoxy groups -OCH3 is 1. The van der Waals surface area contributed by atoms with Gasteiger partial charge >= 0.3 is 12.1 Å². The predicted molar refractivity (Wildman–Crippen MR) is 65.5 cm³/mol. The van der Waals surface area contributed by atoms with Gasteiger partial charge in [-0.1, -0.05) is 16.8 Å². The second kappa shape index (κ2) is 5.28. The summed E-state index contributed by atoms with van der Waals surface area (Å²) in [6.07, 6.45) is -4.69. The lowest BCUT2D eigenvalue weighted by Crippen LogP contribution is -2.08. The summed E-state index contributed by atoms with van der Waals surface area (Å²) in [7, 11) is 1.06. The van der Waals surface area contributed by atoms with Crippen LogP contribution < -0.4 is 4.74 Å². The number of rotatable bonds is 3. The van der Waals surface area contributed by atoms with E-state index >= 15 is 0 Å². The van der Waals surface area contributed by atoms with Gasteiger partial charge in [-0.05, 0) is 12.1 Å². The van der Waals surface area contributed by atoms with Gasteiger partial charge < -0.3 is 14.4 Å². The first-order valence-corrected chi connectivity index (χ1v) is 5.77. The lowest BCUT2D eigenvalue weighted by Gasteiger charge is -2.15. The summed E-state index contributed by atoms with van der Waals surface area (Å²) in [5.74, 6) is -2.43. The molecule has 0 saturated carbocycles. The van der Waals surface area contributed by atoms with Gasteiger partial charge in [0.1, 0.15) is 11.4 Å². The van der Waals surface area contributed by atoms with Gasteiger partial charge in [0.2, 0.25) is 5.76 Å². The highest BCUT2D eigenvalue weighted by atomic mass is 35.5. The zero-order valence-corrected chi connectivity index (χ0v) is 11.1. The number of ether oxygens (including phenoxy) is 1. The van der Waals surface area contributed by atoms with Crippen molar-refractivity contribution < 1.29 is 32.3 Å². The van der Waals surface area contributed by atoms with Gasteiger partial charge in [0, 0.05) is 16.7 Å². The number of nitrogens with zero attached hydrogens (tertiary/aromatic N) is 1. The molecule has 2 rings (SSSR count). The van der Waals surface area contributed by atoms with Gasteiger partial charge in [-0.2, -0.15) is 13.2 Å². The molecule has 0 atom stereocenters. The molecule has 1 heterocycles. The van der Waals surface area contributed by atoms with E-state index in [4.69, 9.17) is 21.4 Å². The molecule has 112 valence electrons. The minimum absolute atomic E-state index is 0.117. The van der Waals surface area contributed by atoms with Crippen LogP contribution in [0.3, 0.4) is 0 Å². The fraction of sp³-hybridized carbons (Fsp3) is 0.167. The summed E-state index contributed by atoms with van der Waals surface area (Å²) < 4.78 is 48.2. The number of carbonyl (C=O) groups is 1. The number of alkyl halides is 3. The van der Waals surface area contributed by atoms with Crippen LogP contribution in [-0.4, -0.2) is 23.3 Å². The Balaban J connectivity index is 2.67. The Labute approximate surface area is 120 Å². The quantitative estimate of drug-likeness (QED) is 0.932. The van der Waals surface area contributed by atoms with Crippen LogP contribution in [0.1, 0.15) is 16.1 Å². The van der Waals surface area contributed by atoms with Crippen molar-refractivity contribution in [1.82, 2.24) is 5.16 Å². The minimum Gasteiger partial charge on any atom is -0.495 e. The number of aromatic carboxylic acids is 1. The Morgan fingerprint density at radius 1 is 1.38 bits per heavy atom. The van der Waals surface area contributed by atoms with E-state index in [1.807, 2.05) is 0 Å². The summed E-state index contributed by atoms with van der Waals surface area (Å²) in [5.41, 5.74) is -1.33. The van der Waals surface area contributed by atoms with E-state index < -0.39 is 29.2 Å². The molecule has 0 saturated heterocycles. The molecule has 5 nitrogen and oxygen atoms in total. The van der Waals surface area contributed by atoms with Crippen molar-refractivity contribution in [3.05, 3.63) is 34.5 Å². The first-order chi connectivity index (χ1) is 9.74. The number of halogens is 4. The normalized spacial score (nSPS) is 11.5. The molecule has 1 N–H and O–H groups in total. The molecule has 2 aromatic rings. The molecule has 1 aromatic heterocycles. The van der Waals surface area contributed by atoms with E-state index in [2.05, 4.69) is 9.68 Å². The van der Waals surface area contributed by atoms with Crippen molar-refractivity contribution >= 4 is 17.6 Å². The van der Waals surface area contributed by atoms with Crippen LogP contribution in [-0.2, 0) is 6.18 Å². The largest absolute Gasteiger partial charge is 0.495 e. The zero-order valence-electron chi connectivity index (χ0n) is 10.4. The second-order valence-corrected chi connectivity index (χ2v) is 4.35. The Kier molecular flexibility index (Phi) is 3.82. The van der Waals surface area contributed by atoms with Crippen molar-refractivity contribution in [2.75, 3.05) is 7.11 Å². The lowest BCUT2D eigenvalue weighted by atomic mass is 10.1. The smallest absolute Gasteiger partial charge is 0.420 e. The molecule has 21 heavy (non-hydrogen) atoms. The van der Waals surface area contributed by atoms with Crippen molar-refractivity contribution in [2.24, 2.45) is 0 Å². The molecule has 0 spiro atoms. The molecule has 0 unspecified atom stereocenters. The highest BCUT2D eigenvalue weighted by Gasteiger charge is 2.36. The first-order valence-electron chi connectivity index (χ1n) is 5.39. The minimum atomic E-state index is -4.69. The Bertz CT molecular complexity index is 696. The van der Waals surface area contributed by atoms with Gasteiger partial charge in [0.25, 0.3) is 0 Å². The third-order valence-electron chi connectivity index (χ3n) is 2.56. The molecule has 0 aliphatic heterocycles. The second-order valence-electron chi connectivity index (χ2n) is 3.91. The van der Waals surface area contributed by atoms with Crippen molar-refractivity contribution in [3.8, 4) is 17.0 Å². The zero-order chi connectivity index (χ0) is 15.8. The number of carboxylic acid groups (broad SMARTS) is 1. The number of hydrogen-bond donors (Lipinski definition) is 1. The molecule has 0 fully saturated rings. The fourth-order valence-corrected chi connectivity index (χ4v) is 1.94.